The number of hydrogen-bond donors (Lipinski definition) is 0. The van der Waals surface area contributed by atoms with Gasteiger partial charge in [0, 0.05) is 18.7 Å². The van der Waals surface area contributed by atoms with E-state index in [4.69, 9.17) is 4.74 Å². The molecule has 1 aliphatic rings. The Morgan fingerprint density at radius 3 is 2.52 bits per heavy atom. The van der Waals surface area contributed by atoms with Crippen molar-refractivity contribution in [3.8, 4) is 5.75 Å². The van der Waals surface area contributed by atoms with E-state index in [2.05, 4.69) is 0 Å². The summed E-state index contributed by atoms with van der Waals surface area (Å²) in [5.41, 5.74) is -0.199. The van der Waals surface area contributed by atoms with E-state index >= 15 is 0 Å². The van der Waals surface area contributed by atoms with Gasteiger partial charge in [-0.2, -0.15) is 0 Å². The highest BCUT2D eigenvalue weighted by Crippen LogP contribution is 2.28. The summed E-state index contributed by atoms with van der Waals surface area (Å²) >= 11 is 0. The molecule has 0 radical (unpaired) electrons. The minimum absolute atomic E-state index is 0.199. The van der Waals surface area contributed by atoms with E-state index in [9.17, 15) is 18.4 Å². The smallest absolute Gasteiger partial charge is 0.260 e. The van der Waals surface area contributed by atoms with E-state index in [0.717, 1.165) is 18.9 Å². The molecule has 0 aromatic heterocycles. The van der Waals surface area contributed by atoms with Crippen LogP contribution in [0.5, 0.6) is 5.75 Å². The minimum Gasteiger partial charge on any atom is -0.480 e. The molecule has 21 heavy (non-hydrogen) atoms. The molecule has 1 aliphatic carbocycles. The van der Waals surface area contributed by atoms with Gasteiger partial charge in [0.05, 0.1) is 5.56 Å². The Morgan fingerprint density at radius 2 is 2.00 bits per heavy atom. The number of halogens is 2. The lowest BCUT2D eigenvalue weighted by Gasteiger charge is -2.20. The van der Waals surface area contributed by atoms with Gasteiger partial charge in [0.25, 0.3) is 5.91 Å². The molecule has 114 valence electrons. The molecule has 0 N–H and O–H groups in total. The van der Waals surface area contributed by atoms with Gasteiger partial charge in [-0.3, -0.25) is 9.59 Å². The lowest BCUT2D eigenvalue weighted by molar-refractivity contribution is -0.133. The van der Waals surface area contributed by atoms with Crippen LogP contribution in [-0.2, 0) is 4.79 Å². The van der Waals surface area contributed by atoms with Gasteiger partial charge in [0.2, 0.25) is 0 Å². The van der Waals surface area contributed by atoms with Crippen LogP contribution in [0.1, 0.15) is 37.0 Å². The van der Waals surface area contributed by atoms with Crippen molar-refractivity contribution in [1.82, 2.24) is 4.90 Å². The van der Waals surface area contributed by atoms with E-state index in [1.165, 1.54) is 6.92 Å². The Morgan fingerprint density at radius 1 is 1.33 bits per heavy atom. The third kappa shape index (κ3) is 3.56. The lowest BCUT2D eigenvalue weighted by Crippen LogP contribution is -2.36. The molecule has 6 heteroatoms. The van der Waals surface area contributed by atoms with Gasteiger partial charge < -0.3 is 9.64 Å². The molecule has 1 aromatic rings. The summed E-state index contributed by atoms with van der Waals surface area (Å²) in [6.45, 7) is 3.23. The first kappa shape index (κ1) is 15.4. The molecule has 0 unspecified atom stereocenters. The molecule has 2 rings (SSSR count). The Balaban J connectivity index is 2.12. The number of rotatable bonds is 6. The van der Waals surface area contributed by atoms with Crippen molar-refractivity contribution < 1.29 is 23.1 Å². The fourth-order valence-electron chi connectivity index (χ4n) is 2.21. The highest BCUT2D eigenvalue weighted by molar-refractivity contribution is 5.97. The zero-order valence-electron chi connectivity index (χ0n) is 12.0. The summed E-state index contributed by atoms with van der Waals surface area (Å²) in [6, 6.07) is 1.77. The van der Waals surface area contributed by atoms with Crippen molar-refractivity contribution >= 4 is 11.7 Å². The van der Waals surface area contributed by atoms with Gasteiger partial charge in [-0.1, -0.05) is 0 Å². The first-order valence-electron chi connectivity index (χ1n) is 6.86. The third-order valence-corrected chi connectivity index (χ3v) is 3.38. The van der Waals surface area contributed by atoms with Crippen LogP contribution < -0.4 is 4.74 Å². The van der Waals surface area contributed by atoms with Crippen LogP contribution in [0.4, 0.5) is 8.78 Å². The summed E-state index contributed by atoms with van der Waals surface area (Å²) in [4.78, 5) is 25.1. The predicted octanol–water partition coefficient (Wildman–Crippen LogP) is 2.56. The molecule has 0 bridgehead atoms. The second kappa shape index (κ2) is 6.20. The van der Waals surface area contributed by atoms with Crippen molar-refractivity contribution in [2.75, 3.05) is 13.2 Å². The van der Waals surface area contributed by atoms with Gasteiger partial charge in [-0.05, 0) is 32.8 Å². The topological polar surface area (TPSA) is 46.6 Å². The monoisotopic (exact) mass is 297 g/mol. The van der Waals surface area contributed by atoms with Crippen LogP contribution in [0.3, 0.4) is 0 Å². The molecule has 1 saturated carbocycles. The molecule has 1 aromatic carbocycles. The number of likely N-dealkylation sites (N-methyl/N-ethyl adjacent to an activating group) is 1. The molecule has 0 atom stereocenters. The Kier molecular flexibility index (Phi) is 4.55. The standard InChI is InChI=1S/C15H17F2NO3/c1-3-18(11-4-5-11)14(20)8-21-15-12(9(2)19)6-10(16)7-13(15)17/h6-7,11H,3-5,8H2,1-2H3. The first-order chi connectivity index (χ1) is 9.93. The van der Waals surface area contributed by atoms with Crippen LogP contribution in [0.25, 0.3) is 0 Å². The molecule has 0 spiro atoms. The second-order valence-corrected chi connectivity index (χ2v) is 5.02. The van der Waals surface area contributed by atoms with Gasteiger partial charge in [-0.15, -0.1) is 0 Å². The molecular formula is C15H17F2NO3. The van der Waals surface area contributed by atoms with E-state index in [-0.39, 0.29) is 29.9 Å². The van der Waals surface area contributed by atoms with E-state index in [1.54, 1.807) is 4.90 Å². The number of hydrogen-bond acceptors (Lipinski definition) is 3. The molecular weight excluding hydrogens is 280 g/mol. The highest BCUT2D eigenvalue weighted by atomic mass is 19.1. The van der Waals surface area contributed by atoms with Gasteiger partial charge in [0.1, 0.15) is 5.82 Å². The maximum Gasteiger partial charge on any atom is 0.260 e. The van der Waals surface area contributed by atoms with Crippen molar-refractivity contribution in [2.24, 2.45) is 0 Å². The number of carbonyl (C=O) groups excluding carboxylic acids is 2. The fraction of sp³-hybridized carbons (Fsp3) is 0.467. The maximum absolute atomic E-state index is 13.7. The van der Waals surface area contributed by atoms with Gasteiger partial charge in [-0.25, -0.2) is 8.78 Å². The number of benzene rings is 1. The highest BCUT2D eigenvalue weighted by Gasteiger charge is 2.31. The predicted molar refractivity (Wildman–Crippen MR) is 72.3 cm³/mol. The molecule has 0 saturated heterocycles. The fourth-order valence-corrected chi connectivity index (χ4v) is 2.21. The zero-order chi connectivity index (χ0) is 15.6. The molecule has 1 fully saturated rings. The number of Topliss-reactive ketones (excluding diaryl/α,β-unsaturated/α-hetero) is 1. The maximum atomic E-state index is 13.7. The Labute approximate surface area is 121 Å². The number of ketones is 1. The van der Waals surface area contributed by atoms with Crippen LogP contribution in [-0.4, -0.2) is 35.8 Å². The number of carbonyl (C=O) groups is 2. The second-order valence-electron chi connectivity index (χ2n) is 5.02. The average molecular weight is 297 g/mol. The summed E-state index contributed by atoms with van der Waals surface area (Å²) in [5, 5.41) is 0. The van der Waals surface area contributed by atoms with Crippen LogP contribution in [0.2, 0.25) is 0 Å². The Hall–Kier alpha value is -1.98. The van der Waals surface area contributed by atoms with Gasteiger partial charge >= 0.3 is 0 Å². The SMILES string of the molecule is CCN(C(=O)COc1c(F)cc(F)cc1C(C)=O)C1CC1. The number of nitrogens with zero attached hydrogens (tertiary/aromatic N) is 1. The quantitative estimate of drug-likeness (QED) is 0.758. The van der Waals surface area contributed by atoms with Gasteiger partial charge in [0.15, 0.2) is 24.0 Å². The summed E-state index contributed by atoms with van der Waals surface area (Å²) < 4.78 is 32.0. The van der Waals surface area contributed by atoms with Crippen LogP contribution >= 0.6 is 0 Å². The average Bonchev–Trinajstić information content (AvgIpc) is 3.22. The summed E-state index contributed by atoms with van der Waals surface area (Å²) in [6.07, 6.45) is 1.92. The van der Waals surface area contributed by atoms with Crippen molar-refractivity contribution in [2.45, 2.75) is 32.7 Å². The summed E-state index contributed by atoms with van der Waals surface area (Å²) in [5.74, 6) is -3.00. The molecule has 0 aliphatic heterocycles. The van der Waals surface area contributed by atoms with E-state index in [1.807, 2.05) is 6.92 Å². The van der Waals surface area contributed by atoms with Crippen molar-refractivity contribution in [1.29, 1.82) is 0 Å². The van der Waals surface area contributed by atoms with Crippen molar-refractivity contribution in [3.05, 3.63) is 29.3 Å². The first-order valence-corrected chi connectivity index (χ1v) is 6.86. The number of ether oxygens (including phenoxy) is 1. The summed E-state index contributed by atoms with van der Waals surface area (Å²) in [7, 11) is 0. The normalized spacial score (nSPS) is 13.9. The Bertz CT molecular complexity index is 570. The van der Waals surface area contributed by atoms with Crippen LogP contribution in [0, 0.1) is 11.6 Å². The molecule has 0 heterocycles. The third-order valence-electron chi connectivity index (χ3n) is 3.38. The molecule has 4 nitrogen and oxygen atoms in total. The van der Waals surface area contributed by atoms with Crippen molar-refractivity contribution in [3.63, 3.8) is 0 Å². The minimum atomic E-state index is -0.984. The lowest BCUT2D eigenvalue weighted by atomic mass is 10.1. The largest absolute Gasteiger partial charge is 0.480 e. The molecule has 1 amide bonds. The van der Waals surface area contributed by atoms with E-state index < -0.39 is 17.4 Å². The van der Waals surface area contributed by atoms with Crippen LogP contribution in [0.15, 0.2) is 12.1 Å². The zero-order valence-corrected chi connectivity index (χ0v) is 12.0. The van der Waals surface area contributed by atoms with E-state index in [0.29, 0.717) is 12.6 Å². The number of amides is 1.